The van der Waals surface area contributed by atoms with Gasteiger partial charge in [0.05, 0.1) is 11.9 Å². The number of aromatic hydroxyl groups is 1. The minimum Gasteiger partial charge on any atom is -0.494 e. The molecule has 0 unspecified atom stereocenters. The second kappa shape index (κ2) is 9.64. The first-order valence-electron chi connectivity index (χ1n) is 10.7. The van der Waals surface area contributed by atoms with Gasteiger partial charge in [-0.2, -0.15) is 0 Å². The van der Waals surface area contributed by atoms with Crippen molar-refractivity contribution in [3.63, 3.8) is 0 Å². The molecule has 0 radical (unpaired) electrons. The fraction of sp³-hybridized carbons (Fsp3) is 0.0400. The highest BCUT2D eigenvalue weighted by Gasteiger charge is 2.19. The first kappa shape index (κ1) is 23.3. The van der Waals surface area contributed by atoms with Gasteiger partial charge in [0.15, 0.2) is 10.8 Å². The van der Waals surface area contributed by atoms with Crippen molar-refractivity contribution >= 4 is 61.1 Å². The van der Waals surface area contributed by atoms with E-state index in [1.165, 1.54) is 9.95 Å². The Kier molecular flexibility index (Phi) is 6.23. The van der Waals surface area contributed by atoms with E-state index in [0.717, 1.165) is 44.7 Å². The molecule has 0 aliphatic heterocycles. The molecule has 0 fully saturated rings. The quantitative estimate of drug-likeness (QED) is 0.253. The van der Waals surface area contributed by atoms with E-state index in [-0.39, 0.29) is 28.0 Å². The lowest BCUT2D eigenvalue weighted by Gasteiger charge is -2.06. The number of rotatable bonds is 7. The predicted octanol–water partition coefficient (Wildman–Crippen LogP) is 4.37. The van der Waals surface area contributed by atoms with Crippen molar-refractivity contribution in [1.29, 1.82) is 0 Å². The average Bonchev–Trinajstić information content (AvgIpc) is 3.42. The summed E-state index contributed by atoms with van der Waals surface area (Å²) in [6.45, 7) is 0.181. The second-order valence-electron chi connectivity index (χ2n) is 7.84. The van der Waals surface area contributed by atoms with E-state index < -0.39 is 11.8 Å². The average molecular weight is 518 g/mol. The van der Waals surface area contributed by atoms with Crippen LogP contribution in [0, 0.1) is 0 Å². The number of primary amides is 1. The number of hydrogen-bond acceptors (Lipinski definition) is 8. The number of nitrogens with two attached hydrogens (primary N) is 1. The summed E-state index contributed by atoms with van der Waals surface area (Å²) in [5.41, 5.74) is 7.31. The SMILES string of the molecule is NC(=O)c1nc(Nc2ccc3ccccc3c2)sc1NC(=O)c1ccc(Cn2c(O)csc2=O)cc1. The zero-order chi connectivity index (χ0) is 25.2. The minimum atomic E-state index is -0.760. The second-order valence-corrected chi connectivity index (χ2v) is 9.66. The molecule has 5 rings (SSSR count). The minimum absolute atomic E-state index is 0.0411. The molecule has 0 saturated carbocycles. The van der Waals surface area contributed by atoms with Crippen LogP contribution in [0.3, 0.4) is 0 Å². The Morgan fingerprint density at radius 1 is 1.03 bits per heavy atom. The summed E-state index contributed by atoms with van der Waals surface area (Å²) < 4.78 is 1.24. The number of carbonyl (C=O) groups excluding carboxylic acids is 2. The van der Waals surface area contributed by atoms with Crippen LogP contribution in [-0.4, -0.2) is 26.5 Å². The zero-order valence-corrected chi connectivity index (χ0v) is 20.2. The number of aromatic nitrogens is 2. The molecule has 0 saturated heterocycles. The Morgan fingerprint density at radius 2 is 1.78 bits per heavy atom. The monoisotopic (exact) mass is 517 g/mol. The van der Waals surface area contributed by atoms with E-state index >= 15 is 0 Å². The van der Waals surface area contributed by atoms with E-state index in [0.29, 0.717) is 10.7 Å². The molecule has 5 aromatic rings. The van der Waals surface area contributed by atoms with E-state index in [9.17, 15) is 19.5 Å². The van der Waals surface area contributed by atoms with Crippen LogP contribution in [0.1, 0.15) is 26.4 Å². The molecule has 0 bridgehead atoms. The molecule has 2 aromatic heterocycles. The van der Waals surface area contributed by atoms with Crippen molar-refractivity contribution in [3.8, 4) is 5.88 Å². The summed E-state index contributed by atoms with van der Waals surface area (Å²) >= 11 is 2.01. The molecule has 2 amide bonds. The summed E-state index contributed by atoms with van der Waals surface area (Å²) in [5, 5.41) is 19.8. The van der Waals surface area contributed by atoms with Crippen LogP contribution in [0.2, 0.25) is 0 Å². The molecule has 11 heteroatoms. The highest BCUT2D eigenvalue weighted by Crippen LogP contribution is 2.32. The van der Waals surface area contributed by atoms with Crippen LogP contribution < -0.4 is 21.2 Å². The van der Waals surface area contributed by atoms with Gasteiger partial charge >= 0.3 is 4.87 Å². The van der Waals surface area contributed by atoms with Gasteiger partial charge in [-0.1, -0.05) is 65.1 Å². The number of nitrogens with zero attached hydrogens (tertiary/aromatic N) is 2. The Hall–Kier alpha value is -4.48. The number of thiazole rings is 2. The standard InChI is InChI=1S/C25H19N5O4S2/c26-21(32)20-23(36-24(28-20)27-18-10-9-15-3-1-2-4-17(15)11-18)29-22(33)16-7-5-14(6-8-16)12-30-19(31)13-35-25(30)34/h1-11,13,31H,12H2,(H2,26,32)(H,27,28)(H,29,33). The Bertz CT molecular complexity index is 1650. The molecule has 0 atom stereocenters. The van der Waals surface area contributed by atoms with Gasteiger partial charge in [0, 0.05) is 11.3 Å². The Labute approximate surface area is 212 Å². The van der Waals surface area contributed by atoms with Gasteiger partial charge in [-0.25, -0.2) is 4.98 Å². The van der Waals surface area contributed by atoms with E-state index in [2.05, 4.69) is 15.6 Å². The van der Waals surface area contributed by atoms with Crippen molar-refractivity contribution in [2.45, 2.75) is 6.54 Å². The van der Waals surface area contributed by atoms with Gasteiger partial charge in [-0.05, 0) is 40.6 Å². The lowest BCUT2D eigenvalue weighted by molar-refractivity contribution is 0.0997. The molecular formula is C25H19N5O4S2. The maximum atomic E-state index is 12.8. The molecular weight excluding hydrogens is 498 g/mol. The molecule has 180 valence electrons. The zero-order valence-electron chi connectivity index (χ0n) is 18.6. The van der Waals surface area contributed by atoms with Crippen LogP contribution in [0.5, 0.6) is 5.88 Å². The van der Waals surface area contributed by atoms with E-state index in [1.54, 1.807) is 24.3 Å². The third-order valence-electron chi connectivity index (χ3n) is 5.41. The number of fused-ring (bicyclic) bond motifs is 1. The molecule has 3 aromatic carbocycles. The summed E-state index contributed by atoms with van der Waals surface area (Å²) in [6.07, 6.45) is 0. The van der Waals surface area contributed by atoms with Crippen molar-refractivity contribution in [2.75, 3.05) is 10.6 Å². The molecule has 36 heavy (non-hydrogen) atoms. The van der Waals surface area contributed by atoms with Gasteiger partial charge in [0.25, 0.3) is 11.8 Å². The summed E-state index contributed by atoms with van der Waals surface area (Å²) in [5.74, 6) is -1.31. The number of nitrogens with one attached hydrogen (secondary N) is 2. The fourth-order valence-electron chi connectivity index (χ4n) is 3.60. The van der Waals surface area contributed by atoms with Crippen molar-refractivity contribution in [1.82, 2.24) is 9.55 Å². The van der Waals surface area contributed by atoms with Crippen LogP contribution in [0.4, 0.5) is 15.8 Å². The first-order valence-corrected chi connectivity index (χ1v) is 12.4. The maximum absolute atomic E-state index is 12.8. The molecule has 2 heterocycles. The van der Waals surface area contributed by atoms with Gasteiger partial charge in [0.1, 0.15) is 5.00 Å². The molecule has 5 N–H and O–H groups in total. The smallest absolute Gasteiger partial charge is 0.310 e. The highest BCUT2D eigenvalue weighted by atomic mass is 32.1. The number of benzene rings is 3. The lowest BCUT2D eigenvalue weighted by Crippen LogP contribution is -2.17. The number of amides is 2. The maximum Gasteiger partial charge on any atom is 0.310 e. The Balaban J connectivity index is 1.32. The lowest BCUT2D eigenvalue weighted by atomic mass is 10.1. The Morgan fingerprint density at radius 3 is 2.47 bits per heavy atom. The first-order chi connectivity index (χ1) is 17.4. The summed E-state index contributed by atoms with van der Waals surface area (Å²) in [6, 6.07) is 20.3. The van der Waals surface area contributed by atoms with Crippen molar-refractivity contribution in [2.24, 2.45) is 5.73 Å². The summed E-state index contributed by atoms with van der Waals surface area (Å²) in [7, 11) is 0. The van der Waals surface area contributed by atoms with Gasteiger partial charge in [-0.15, -0.1) is 0 Å². The predicted molar refractivity (Wildman–Crippen MR) is 142 cm³/mol. The van der Waals surface area contributed by atoms with E-state index in [4.69, 9.17) is 5.73 Å². The van der Waals surface area contributed by atoms with Crippen molar-refractivity contribution < 1.29 is 14.7 Å². The van der Waals surface area contributed by atoms with Crippen LogP contribution in [0.25, 0.3) is 10.8 Å². The highest BCUT2D eigenvalue weighted by molar-refractivity contribution is 7.20. The normalized spacial score (nSPS) is 10.9. The number of anilines is 3. The van der Waals surface area contributed by atoms with Gasteiger partial charge < -0.3 is 21.5 Å². The fourth-order valence-corrected chi connectivity index (χ4v) is 5.11. The van der Waals surface area contributed by atoms with Crippen LogP contribution in [-0.2, 0) is 6.54 Å². The third-order valence-corrected chi connectivity index (χ3v) is 7.04. The van der Waals surface area contributed by atoms with Crippen LogP contribution in [0.15, 0.2) is 76.9 Å². The van der Waals surface area contributed by atoms with Crippen molar-refractivity contribution in [3.05, 3.63) is 98.6 Å². The number of carbonyl (C=O) groups is 2. The van der Waals surface area contributed by atoms with Gasteiger partial charge in [0.2, 0.25) is 5.88 Å². The molecule has 9 nitrogen and oxygen atoms in total. The third kappa shape index (κ3) is 4.83. The molecule has 0 aliphatic carbocycles. The summed E-state index contributed by atoms with van der Waals surface area (Å²) in [4.78, 5) is 40.6. The van der Waals surface area contributed by atoms with Gasteiger partial charge in [-0.3, -0.25) is 19.0 Å². The van der Waals surface area contributed by atoms with Crippen LogP contribution >= 0.6 is 22.7 Å². The number of hydrogen-bond donors (Lipinski definition) is 4. The largest absolute Gasteiger partial charge is 0.494 e. The van der Waals surface area contributed by atoms with E-state index in [1.807, 2.05) is 42.5 Å². The molecule has 0 aliphatic rings. The topological polar surface area (TPSA) is 139 Å². The molecule has 0 spiro atoms.